The van der Waals surface area contributed by atoms with Crippen LogP contribution in [0.15, 0.2) is 61.1 Å². The Morgan fingerprint density at radius 1 is 1.00 bits per heavy atom. The first-order valence-corrected chi connectivity index (χ1v) is 10.5. The van der Waals surface area contributed by atoms with Crippen LogP contribution in [0.4, 0.5) is 15.9 Å². The van der Waals surface area contributed by atoms with Gasteiger partial charge in [-0.15, -0.1) is 0 Å². The fourth-order valence-corrected chi connectivity index (χ4v) is 4.50. The third-order valence-corrected chi connectivity index (χ3v) is 6.15. The highest BCUT2D eigenvalue weighted by Crippen LogP contribution is 2.37. The highest BCUT2D eigenvalue weighted by molar-refractivity contribution is 6.00. The first-order valence-electron chi connectivity index (χ1n) is 10.5. The number of hydrogen-bond donors (Lipinski definition) is 2. The molecule has 1 fully saturated rings. The Hall–Kier alpha value is -3.45. The average Bonchev–Trinajstić information content (AvgIpc) is 3.18. The second-order valence-electron chi connectivity index (χ2n) is 8.14. The molecule has 1 aliphatic rings. The summed E-state index contributed by atoms with van der Waals surface area (Å²) in [6.45, 7) is 2.97. The monoisotopic (exact) mass is 416 g/mol. The molecule has 3 heterocycles. The van der Waals surface area contributed by atoms with Crippen molar-refractivity contribution in [1.29, 1.82) is 0 Å². The molecule has 0 bridgehead atoms. The molecule has 0 radical (unpaired) electrons. The van der Waals surface area contributed by atoms with Crippen LogP contribution in [0.25, 0.3) is 22.2 Å². The zero-order valence-corrected chi connectivity index (χ0v) is 17.2. The maximum absolute atomic E-state index is 14.1. The molecule has 4 N–H and O–H groups in total. The van der Waals surface area contributed by atoms with Crippen LogP contribution in [0, 0.1) is 5.82 Å². The van der Waals surface area contributed by atoms with Crippen LogP contribution in [0.2, 0.25) is 0 Å². The summed E-state index contributed by atoms with van der Waals surface area (Å²) < 4.78 is 16.3. The largest absolute Gasteiger partial charge is 0.396 e. The van der Waals surface area contributed by atoms with Gasteiger partial charge in [0.05, 0.1) is 11.1 Å². The van der Waals surface area contributed by atoms with E-state index in [1.54, 1.807) is 6.07 Å². The number of nitrogens with two attached hydrogens (primary N) is 2. The lowest BCUT2D eigenvalue weighted by Gasteiger charge is -2.33. The lowest BCUT2D eigenvalue weighted by molar-refractivity contribution is 0.181. The van der Waals surface area contributed by atoms with Crippen molar-refractivity contribution in [3.63, 3.8) is 0 Å². The fraction of sp³-hybridized carbons (Fsp3) is 0.250. The van der Waals surface area contributed by atoms with Crippen molar-refractivity contribution < 1.29 is 4.39 Å². The van der Waals surface area contributed by atoms with Gasteiger partial charge in [-0.3, -0.25) is 4.90 Å². The number of aromatic nitrogens is 3. The normalized spacial score (nSPS) is 15.5. The van der Waals surface area contributed by atoms with Gasteiger partial charge in [-0.25, -0.2) is 14.4 Å². The van der Waals surface area contributed by atoms with Crippen molar-refractivity contribution in [3.05, 3.63) is 72.4 Å². The number of benzene rings is 2. The Labute approximate surface area is 180 Å². The molecule has 0 aliphatic carbocycles. The highest BCUT2D eigenvalue weighted by Gasteiger charge is 2.25. The maximum Gasteiger partial charge on any atom is 0.146 e. The minimum Gasteiger partial charge on any atom is -0.396 e. The van der Waals surface area contributed by atoms with Crippen LogP contribution >= 0.6 is 0 Å². The fourth-order valence-electron chi connectivity index (χ4n) is 4.50. The summed E-state index contributed by atoms with van der Waals surface area (Å²) >= 11 is 0. The van der Waals surface area contributed by atoms with Gasteiger partial charge in [0.1, 0.15) is 23.6 Å². The van der Waals surface area contributed by atoms with E-state index in [2.05, 4.69) is 43.7 Å². The molecular formula is C24H25FN6. The van der Waals surface area contributed by atoms with Crippen molar-refractivity contribution >= 4 is 22.5 Å². The number of nitrogens with zero attached hydrogens (tertiary/aromatic N) is 4. The Morgan fingerprint density at radius 2 is 1.77 bits per heavy atom. The van der Waals surface area contributed by atoms with Crippen molar-refractivity contribution in [1.82, 2.24) is 19.4 Å². The van der Waals surface area contributed by atoms with Crippen molar-refractivity contribution in [2.24, 2.45) is 0 Å². The number of likely N-dealkylation sites (tertiary alicyclic amines) is 1. The van der Waals surface area contributed by atoms with Crippen molar-refractivity contribution in [2.45, 2.75) is 25.4 Å². The Morgan fingerprint density at radius 3 is 2.52 bits per heavy atom. The van der Waals surface area contributed by atoms with Gasteiger partial charge < -0.3 is 16.0 Å². The Balaban J connectivity index is 1.44. The van der Waals surface area contributed by atoms with Crippen LogP contribution in [0.5, 0.6) is 0 Å². The molecule has 1 saturated heterocycles. The van der Waals surface area contributed by atoms with Crippen LogP contribution in [0.3, 0.4) is 0 Å². The molecule has 0 amide bonds. The first kappa shape index (κ1) is 19.5. The lowest BCUT2D eigenvalue weighted by atomic mass is 10.0. The number of hydrogen-bond acceptors (Lipinski definition) is 5. The summed E-state index contributed by atoms with van der Waals surface area (Å²) in [4.78, 5) is 11.2. The minimum absolute atomic E-state index is 0.127. The van der Waals surface area contributed by atoms with E-state index >= 15 is 0 Å². The van der Waals surface area contributed by atoms with Crippen LogP contribution in [-0.4, -0.2) is 32.5 Å². The van der Waals surface area contributed by atoms with Crippen LogP contribution in [-0.2, 0) is 6.54 Å². The Bertz CT molecular complexity index is 1210. The van der Waals surface area contributed by atoms with E-state index in [4.69, 9.17) is 11.5 Å². The number of piperidine rings is 1. The van der Waals surface area contributed by atoms with E-state index in [1.807, 2.05) is 18.3 Å². The zero-order valence-electron chi connectivity index (χ0n) is 17.2. The molecule has 1 aliphatic heterocycles. The molecule has 0 spiro atoms. The number of anilines is 2. The van der Waals surface area contributed by atoms with E-state index in [-0.39, 0.29) is 5.69 Å². The highest BCUT2D eigenvalue weighted by atomic mass is 19.1. The molecule has 6 nitrogen and oxygen atoms in total. The van der Waals surface area contributed by atoms with E-state index in [9.17, 15) is 4.39 Å². The van der Waals surface area contributed by atoms with Crippen molar-refractivity contribution in [2.75, 3.05) is 24.6 Å². The van der Waals surface area contributed by atoms with E-state index < -0.39 is 5.82 Å². The van der Waals surface area contributed by atoms with Gasteiger partial charge in [0.25, 0.3) is 0 Å². The van der Waals surface area contributed by atoms with E-state index in [1.165, 1.54) is 18.0 Å². The molecule has 5 rings (SSSR count). The van der Waals surface area contributed by atoms with Gasteiger partial charge in [-0.2, -0.15) is 0 Å². The van der Waals surface area contributed by atoms with Gasteiger partial charge in [0.15, 0.2) is 0 Å². The predicted octanol–water partition coefficient (Wildman–Crippen LogP) is 4.24. The first-order chi connectivity index (χ1) is 15.1. The number of nitrogen functional groups attached to an aromatic ring is 2. The van der Waals surface area contributed by atoms with Gasteiger partial charge in [-0.05, 0) is 36.1 Å². The quantitative estimate of drug-likeness (QED) is 0.486. The summed E-state index contributed by atoms with van der Waals surface area (Å²) in [5, 5.41) is 0.762. The maximum atomic E-state index is 14.1. The Kier molecular flexibility index (Phi) is 5.03. The number of rotatable bonds is 4. The molecule has 0 atom stereocenters. The molecule has 158 valence electrons. The number of fused-ring (bicyclic) bond motifs is 1. The predicted molar refractivity (Wildman–Crippen MR) is 122 cm³/mol. The van der Waals surface area contributed by atoms with Gasteiger partial charge in [0.2, 0.25) is 0 Å². The summed E-state index contributed by atoms with van der Waals surface area (Å²) in [6.07, 6.45) is 5.55. The third-order valence-electron chi connectivity index (χ3n) is 6.15. The van der Waals surface area contributed by atoms with E-state index in [0.717, 1.165) is 54.6 Å². The minimum atomic E-state index is -0.442. The smallest absolute Gasteiger partial charge is 0.146 e. The molecule has 0 unspecified atom stereocenters. The average molecular weight is 417 g/mol. The van der Waals surface area contributed by atoms with Crippen molar-refractivity contribution in [3.8, 4) is 11.1 Å². The molecule has 2 aromatic carbocycles. The summed E-state index contributed by atoms with van der Waals surface area (Å²) in [5.74, 6) is -0.0412. The molecule has 7 heteroatoms. The zero-order chi connectivity index (χ0) is 21.4. The second kappa shape index (κ2) is 8.00. The molecule has 31 heavy (non-hydrogen) atoms. The van der Waals surface area contributed by atoms with Gasteiger partial charge >= 0.3 is 0 Å². The summed E-state index contributed by atoms with van der Waals surface area (Å²) in [5.41, 5.74) is 15.7. The topological polar surface area (TPSA) is 86.0 Å². The molecule has 4 aromatic rings. The van der Waals surface area contributed by atoms with Crippen LogP contribution < -0.4 is 11.5 Å². The number of halogens is 1. The molecule has 0 saturated carbocycles. The third kappa shape index (κ3) is 3.72. The van der Waals surface area contributed by atoms with Crippen LogP contribution in [0.1, 0.15) is 24.4 Å². The summed E-state index contributed by atoms with van der Waals surface area (Å²) in [7, 11) is 0. The second-order valence-corrected chi connectivity index (χ2v) is 8.14. The van der Waals surface area contributed by atoms with Gasteiger partial charge in [-0.1, -0.05) is 36.4 Å². The van der Waals surface area contributed by atoms with E-state index in [0.29, 0.717) is 11.9 Å². The molecule has 2 aromatic heterocycles. The molecular weight excluding hydrogens is 391 g/mol. The summed E-state index contributed by atoms with van der Waals surface area (Å²) in [6, 6.07) is 15.7. The standard InChI is InChI=1S/C24H25FN6/c25-20-12-17(6-7-21(20)26)19-14-31(24-22(19)23(27)28-15-29-24)18-8-10-30(11-9-18)13-16-4-2-1-3-5-16/h1-7,12,14-15,18H,8-11,13,26H2,(H2,27,28,29). The van der Waals surface area contributed by atoms with Gasteiger partial charge in [0, 0.05) is 37.4 Å². The lowest BCUT2D eigenvalue weighted by Crippen LogP contribution is -2.34. The SMILES string of the molecule is Nc1ccc(-c2cn(C3CCN(Cc4ccccc4)CC3)c3ncnc(N)c23)cc1F.